The van der Waals surface area contributed by atoms with Crippen LogP contribution in [0.25, 0.3) is 0 Å². The van der Waals surface area contributed by atoms with Gasteiger partial charge in [-0.15, -0.1) is 0 Å². The summed E-state index contributed by atoms with van der Waals surface area (Å²) in [7, 11) is 0. The summed E-state index contributed by atoms with van der Waals surface area (Å²) in [4.78, 5) is 23.9. The van der Waals surface area contributed by atoms with Crippen molar-refractivity contribution in [1.82, 2.24) is 10.2 Å². The van der Waals surface area contributed by atoms with Crippen LogP contribution >= 0.6 is 0 Å². The SMILES string of the molecule is CCOCCN(CCOCC)C(=O)NCCCC(=O)O. The maximum absolute atomic E-state index is 11.9. The second kappa shape index (κ2) is 12.7. The van der Waals surface area contributed by atoms with E-state index < -0.39 is 5.97 Å². The van der Waals surface area contributed by atoms with Crippen LogP contribution in [0.15, 0.2) is 0 Å². The Hall–Kier alpha value is -1.34. The van der Waals surface area contributed by atoms with Gasteiger partial charge in [0.15, 0.2) is 0 Å². The first-order valence-corrected chi connectivity index (χ1v) is 7.01. The maximum atomic E-state index is 11.9. The second-order valence-corrected chi connectivity index (χ2v) is 4.11. The number of aliphatic carboxylic acids is 1. The standard InChI is InChI=1S/C13H26N2O5/c1-3-19-10-8-15(9-11-20-4-2)13(18)14-7-5-6-12(16)17/h3-11H2,1-2H3,(H,14,18)(H,16,17). The minimum Gasteiger partial charge on any atom is -0.481 e. The predicted octanol–water partition coefficient (Wildman–Crippen LogP) is 0.936. The highest BCUT2D eigenvalue weighted by atomic mass is 16.5. The summed E-state index contributed by atoms with van der Waals surface area (Å²) in [5.41, 5.74) is 0. The number of urea groups is 1. The molecule has 7 heteroatoms. The molecule has 0 aliphatic rings. The number of carbonyl (C=O) groups excluding carboxylic acids is 1. The van der Waals surface area contributed by atoms with Gasteiger partial charge in [-0.05, 0) is 20.3 Å². The molecule has 0 saturated heterocycles. The number of carboxylic acids is 1. The predicted molar refractivity (Wildman–Crippen MR) is 74.8 cm³/mol. The van der Waals surface area contributed by atoms with E-state index in [0.717, 1.165) is 0 Å². The molecule has 7 nitrogen and oxygen atoms in total. The van der Waals surface area contributed by atoms with Gasteiger partial charge in [0.2, 0.25) is 0 Å². The Balaban J connectivity index is 4.00. The van der Waals surface area contributed by atoms with E-state index in [2.05, 4.69) is 5.32 Å². The van der Waals surface area contributed by atoms with Crippen LogP contribution in [0, 0.1) is 0 Å². The van der Waals surface area contributed by atoms with Crippen LogP contribution < -0.4 is 5.32 Å². The van der Waals surface area contributed by atoms with Crippen LogP contribution in [0.1, 0.15) is 26.7 Å². The summed E-state index contributed by atoms with van der Waals surface area (Å²) in [5.74, 6) is -0.858. The van der Waals surface area contributed by atoms with Crippen LogP contribution in [0.3, 0.4) is 0 Å². The van der Waals surface area contributed by atoms with Crippen LogP contribution in [0.4, 0.5) is 4.79 Å². The smallest absolute Gasteiger partial charge is 0.317 e. The third-order valence-electron chi connectivity index (χ3n) is 2.55. The maximum Gasteiger partial charge on any atom is 0.317 e. The molecule has 0 aliphatic carbocycles. The number of nitrogens with one attached hydrogen (secondary N) is 1. The average Bonchev–Trinajstić information content (AvgIpc) is 2.42. The van der Waals surface area contributed by atoms with E-state index in [1.165, 1.54) is 0 Å². The molecule has 2 amide bonds. The number of carboxylic acid groups (broad SMARTS) is 1. The van der Waals surface area contributed by atoms with Gasteiger partial charge in [0.25, 0.3) is 0 Å². The average molecular weight is 290 g/mol. The number of ether oxygens (including phenoxy) is 2. The minimum atomic E-state index is -0.858. The van der Waals surface area contributed by atoms with Gasteiger partial charge < -0.3 is 24.8 Å². The van der Waals surface area contributed by atoms with Crippen molar-refractivity contribution in [2.24, 2.45) is 0 Å². The van der Waals surface area contributed by atoms with Crippen LogP contribution in [0.2, 0.25) is 0 Å². The van der Waals surface area contributed by atoms with Gasteiger partial charge in [0.1, 0.15) is 0 Å². The van der Waals surface area contributed by atoms with Gasteiger partial charge in [-0.25, -0.2) is 4.79 Å². The van der Waals surface area contributed by atoms with Crippen molar-refractivity contribution < 1.29 is 24.2 Å². The third-order valence-corrected chi connectivity index (χ3v) is 2.55. The lowest BCUT2D eigenvalue weighted by Gasteiger charge is -2.22. The molecule has 0 spiro atoms. The minimum absolute atomic E-state index is 0.0537. The molecule has 0 aromatic carbocycles. The first-order valence-electron chi connectivity index (χ1n) is 7.01. The molecule has 0 atom stereocenters. The Morgan fingerprint density at radius 2 is 1.65 bits per heavy atom. The van der Waals surface area contributed by atoms with Crippen LogP contribution in [-0.4, -0.2) is 68.1 Å². The number of amides is 2. The normalized spacial score (nSPS) is 10.3. The number of carbonyl (C=O) groups is 2. The second-order valence-electron chi connectivity index (χ2n) is 4.11. The van der Waals surface area contributed by atoms with E-state index >= 15 is 0 Å². The molecule has 0 bridgehead atoms. The number of hydrogen-bond acceptors (Lipinski definition) is 4. The van der Waals surface area contributed by atoms with Crippen LogP contribution in [-0.2, 0) is 14.3 Å². The molecule has 2 N–H and O–H groups in total. The zero-order valence-corrected chi connectivity index (χ0v) is 12.4. The van der Waals surface area contributed by atoms with E-state index in [4.69, 9.17) is 14.6 Å². The fraction of sp³-hybridized carbons (Fsp3) is 0.846. The summed E-state index contributed by atoms with van der Waals surface area (Å²) in [6.45, 7) is 7.31. The largest absolute Gasteiger partial charge is 0.481 e. The Morgan fingerprint density at radius 3 is 2.10 bits per heavy atom. The lowest BCUT2D eigenvalue weighted by Crippen LogP contribution is -2.43. The molecule has 0 rings (SSSR count). The number of rotatable bonds is 12. The van der Waals surface area contributed by atoms with Gasteiger partial charge in [-0.1, -0.05) is 0 Å². The molecule has 0 saturated carbocycles. The Bertz CT molecular complexity index is 263. The first kappa shape index (κ1) is 18.7. The molecule has 20 heavy (non-hydrogen) atoms. The molecule has 0 aromatic rings. The Kier molecular flexibility index (Phi) is 11.8. The van der Waals surface area contributed by atoms with Crippen LogP contribution in [0.5, 0.6) is 0 Å². The van der Waals surface area contributed by atoms with E-state index in [9.17, 15) is 9.59 Å². The molecule has 118 valence electrons. The van der Waals surface area contributed by atoms with E-state index in [1.54, 1.807) is 4.90 Å². The van der Waals surface area contributed by atoms with Gasteiger partial charge in [0, 0.05) is 39.3 Å². The topological polar surface area (TPSA) is 88.1 Å². The first-order chi connectivity index (χ1) is 9.61. The monoisotopic (exact) mass is 290 g/mol. The number of nitrogens with zero attached hydrogens (tertiary/aromatic N) is 1. The summed E-state index contributed by atoms with van der Waals surface area (Å²) in [6.07, 6.45) is 0.476. The molecule has 0 fully saturated rings. The van der Waals surface area contributed by atoms with Crippen molar-refractivity contribution in [1.29, 1.82) is 0 Å². The lowest BCUT2D eigenvalue weighted by atomic mass is 10.3. The van der Waals surface area contributed by atoms with Gasteiger partial charge >= 0.3 is 12.0 Å². The van der Waals surface area contributed by atoms with Crippen molar-refractivity contribution in [3.8, 4) is 0 Å². The van der Waals surface area contributed by atoms with E-state index in [1.807, 2.05) is 13.8 Å². The third kappa shape index (κ3) is 10.6. The highest BCUT2D eigenvalue weighted by molar-refractivity contribution is 5.74. The van der Waals surface area contributed by atoms with Crippen molar-refractivity contribution in [3.63, 3.8) is 0 Å². The molecular weight excluding hydrogens is 264 g/mol. The summed E-state index contributed by atoms with van der Waals surface area (Å²) >= 11 is 0. The lowest BCUT2D eigenvalue weighted by molar-refractivity contribution is -0.137. The fourth-order valence-electron chi connectivity index (χ4n) is 1.50. The van der Waals surface area contributed by atoms with Crippen molar-refractivity contribution in [2.75, 3.05) is 46.1 Å². The van der Waals surface area contributed by atoms with Gasteiger partial charge in [-0.2, -0.15) is 0 Å². The summed E-state index contributed by atoms with van der Waals surface area (Å²) in [6, 6.07) is -0.213. The highest BCUT2D eigenvalue weighted by Gasteiger charge is 2.12. The van der Waals surface area contributed by atoms with E-state index in [0.29, 0.717) is 52.5 Å². The van der Waals surface area contributed by atoms with Gasteiger partial charge in [-0.3, -0.25) is 4.79 Å². The zero-order valence-electron chi connectivity index (χ0n) is 12.4. The fourth-order valence-corrected chi connectivity index (χ4v) is 1.50. The molecule has 0 aliphatic heterocycles. The summed E-state index contributed by atoms with van der Waals surface area (Å²) in [5, 5.41) is 11.2. The number of hydrogen-bond donors (Lipinski definition) is 2. The van der Waals surface area contributed by atoms with Gasteiger partial charge in [0.05, 0.1) is 13.2 Å². The van der Waals surface area contributed by atoms with Crippen molar-refractivity contribution >= 4 is 12.0 Å². The molecule has 0 heterocycles. The van der Waals surface area contributed by atoms with Crippen molar-refractivity contribution in [3.05, 3.63) is 0 Å². The molecular formula is C13H26N2O5. The Morgan fingerprint density at radius 1 is 1.10 bits per heavy atom. The summed E-state index contributed by atoms with van der Waals surface area (Å²) < 4.78 is 10.5. The Labute approximate surface area is 120 Å². The molecule has 0 aromatic heterocycles. The highest BCUT2D eigenvalue weighted by Crippen LogP contribution is 1.93. The van der Waals surface area contributed by atoms with Crippen molar-refractivity contribution in [2.45, 2.75) is 26.7 Å². The molecule has 0 radical (unpaired) electrons. The quantitative estimate of drug-likeness (QED) is 0.522. The molecule has 0 unspecified atom stereocenters. The van der Waals surface area contributed by atoms with E-state index in [-0.39, 0.29) is 12.5 Å². The zero-order chi connectivity index (χ0) is 15.2.